The number of hydrogen-bond acceptors (Lipinski definition) is 0. The summed E-state index contributed by atoms with van der Waals surface area (Å²) in [5.74, 6) is 1.80. The summed E-state index contributed by atoms with van der Waals surface area (Å²) >= 11 is 0. The van der Waals surface area contributed by atoms with E-state index in [0.29, 0.717) is 16.2 Å². The molecule has 114 valence electrons. The van der Waals surface area contributed by atoms with Gasteiger partial charge in [-0.25, -0.2) is 0 Å². The van der Waals surface area contributed by atoms with Gasteiger partial charge in [0.15, 0.2) is 0 Å². The Bertz CT molecular complexity index is 286. The molecule has 3 atom stereocenters. The van der Waals surface area contributed by atoms with Crippen molar-refractivity contribution >= 4 is 0 Å². The first kappa shape index (κ1) is 17.1. The molecule has 0 radical (unpaired) electrons. The molecular weight excluding hydrogens is 228 g/mol. The lowest BCUT2D eigenvalue weighted by molar-refractivity contribution is -0.154. The van der Waals surface area contributed by atoms with Gasteiger partial charge in [-0.05, 0) is 47.3 Å². The molecule has 0 amide bonds. The molecule has 0 heteroatoms. The van der Waals surface area contributed by atoms with E-state index in [4.69, 9.17) is 0 Å². The zero-order valence-electron chi connectivity index (χ0n) is 14.9. The van der Waals surface area contributed by atoms with Crippen molar-refractivity contribution in [2.45, 2.75) is 93.9 Å². The Morgan fingerprint density at radius 1 is 1.21 bits per heavy atom. The largest absolute Gasteiger partial charge is 0.0654 e. The van der Waals surface area contributed by atoms with Gasteiger partial charge in [-0.3, -0.25) is 0 Å². The first-order valence-electron chi connectivity index (χ1n) is 8.60. The van der Waals surface area contributed by atoms with Gasteiger partial charge in [0.2, 0.25) is 0 Å². The van der Waals surface area contributed by atoms with Crippen LogP contribution in [0.15, 0.2) is 0 Å². The van der Waals surface area contributed by atoms with Gasteiger partial charge in [0.1, 0.15) is 0 Å². The molecular formula is C19H38. The summed E-state index contributed by atoms with van der Waals surface area (Å²) < 4.78 is 0. The predicted octanol–water partition coefficient (Wildman–Crippen LogP) is 6.69. The zero-order chi connectivity index (χ0) is 14.9. The topological polar surface area (TPSA) is 0 Å². The van der Waals surface area contributed by atoms with Crippen molar-refractivity contribution in [2.24, 2.45) is 28.1 Å². The van der Waals surface area contributed by atoms with Gasteiger partial charge in [-0.15, -0.1) is 0 Å². The summed E-state index contributed by atoms with van der Waals surface area (Å²) in [6, 6.07) is 0. The van der Waals surface area contributed by atoms with Gasteiger partial charge in [-0.2, -0.15) is 0 Å². The van der Waals surface area contributed by atoms with Crippen LogP contribution in [0, 0.1) is 28.1 Å². The maximum absolute atomic E-state index is 2.53. The van der Waals surface area contributed by atoms with Crippen molar-refractivity contribution < 1.29 is 0 Å². The van der Waals surface area contributed by atoms with Gasteiger partial charge in [0.05, 0.1) is 0 Å². The van der Waals surface area contributed by atoms with E-state index in [1.165, 1.54) is 38.5 Å². The lowest BCUT2D eigenvalue weighted by atomic mass is 9.40. The Morgan fingerprint density at radius 2 is 1.79 bits per heavy atom. The molecule has 0 aromatic heterocycles. The van der Waals surface area contributed by atoms with Crippen LogP contribution in [0.5, 0.6) is 0 Å². The van der Waals surface area contributed by atoms with Crippen molar-refractivity contribution in [1.29, 1.82) is 0 Å². The van der Waals surface area contributed by atoms with Crippen molar-refractivity contribution in [1.82, 2.24) is 0 Å². The molecule has 0 aliphatic heterocycles. The van der Waals surface area contributed by atoms with Crippen molar-refractivity contribution in [3.05, 3.63) is 0 Å². The summed E-state index contributed by atoms with van der Waals surface area (Å²) in [6.07, 6.45) is 8.32. The summed E-state index contributed by atoms with van der Waals surface area (Å²) in [6.45, 7) is 19.7. The van der Waals surface area contributed by atoms with E-state index >= 15 is 0 Å². The van der Waals surface area contributed by atoms with E-state index in [0.717, 1.165) is 11.8 Å². The quantitative estimate of drug-likeness (QED) is 0.481. The van der Waals surface area contributed by atoms with Crippen molar-refractivity contribution in [3.63, 3.8) is 0 Å². The van der Waals surface area contributed by atoms with Crippen LogP contribution in [0.4, 0.5) is 0 Å². The Morgan fingerprint density at radius 3 is 2.16 bits per heavy atom. The van der Waals surface area contributed by atoms with Crippen LogP contribution in [0.2, 0.25) is 0 Å². The Balaban J connectivity index is 2.92. The maximum atomic E-state index is 2.53. The monoisotopic (exact) mass is 266 g/mol. The maximum Gasteiger partial charge on any atom is -0.0213 e. The van der Waals surface area contributed by atoms with Crippen LogP contribution >= 0.6 is 0 Å². The molecule has 1 aliphatic carbocycles. The molecule has 0 nitrogen and oxygen atoms in total. The fourth-order valence-electron chi connectivity index (χ4n) is 4.86. The summed E-state index contributed by atoms with van der Waals surface area (Å²) in [4.78, 5) is 0. The minimum atomic E-state index is 0.498. The normalized spacial score (nSPS) is 31.9. The lowest BCUT2D eigenvalue weighted by Gasteiger charge is -2.65. The van der Waals surface area contributed by atoms with Gasteiger partial charge in [0.25, 0.3) is 0 Å². The molecule has 1 aliphatic rings. The summed E-state index contributed by atoms with van der Waals surface area (Å²) in [5, 5.41) is 0. The van der Waals surface area contributed by atoms with E-state index in [-0.39, 0.29) is 0 Å². The molecule has 1 fully saturated rings. The van der Waals surface area contributed by atoms with Crippen molar-refractivity contribution in [2.75, 3.05) is 0 Å². The van der Waals surface area contributed by atoms with E-state index in [2.05, 4.69) is 55.4 Å². The molecule has 0 saturated heterocycles. The van der Waals surface area contributed by atoms with Gasteiger partial charge < -0.3 is 0 Å². The smallest absolute Gasteiger partial charge is 0.0213 e. The average Bonchev–Trinajstić information content (AvgIpc) is 2.27. The van der Waals surface area contributed by atoms with Gasteiger partial charge in [-0.1, -0.05) is 74.7 Å². The highest BCUT2D eigenvalue weighted by Crippen LogP contribution is 2.67. The molecule has 3 unspecified atom stereocenters. The second-order valence-electron chi connectivity index (χ2n) is 8.94. The second kappa shape index (κ2) is 5.78. The van der Waals surface area contributed by atoms with E-state index in [1.54, 1.807) is 0 Å². The van der Waals surface area contributed by atoms with Crippen LogP contribution < -0.4 is 0 Å². The molecule has 19 heavy (non-hydrogen) atoms. The lowest BCUT2D eigenvalue weighted by Crippen LogP contribution is -2.56. The average molecular weight is 267 g/mol. The fourth-order valence-corrected chi connectivity index (χ4v) is 4.86. The van der Waals surface area contributed by atoms with Crippen LogP contribution in [-0.2, 0) is 0 Å². The fraction of sp³-hybridized carbons (Fsp3) is 1.00. The van der Waals surface area contributed by atoms with Gasteiger partial charge in [0, 0.05) is 0 Å². The zero-order valence-corrected chi connectivity index (χ0v) is 14.9. The number of rotatable bonds is 7. The minimum absolute atomic E-state index is 0.498. The van der Waals surface area contributed by atoms with Crippen molar-refractivity contribution in [3.8, 4) is 0 Å². The molecule has 0 heterocycles. The Labute approximate surface area is 122 Å². The minimum Gasteiger partial charge on any atom is -0.0654 e. The van der Waals surface area contributed by atoms with Crippen LogP contribution in [0.25, 0.3) is 0 Å². The second-order valence-corrected chi connectivity index (χ2v) is 8.94. The highest BCUT2D eigenvalue weighted by molar-refractivity contribution is 5.08. The van der Waals surface area contributed by atoms with Gasteiger partial charge >= 0.3 is 0 Å². The highest BCUT2D eigenvalue weighted by Gasteiger charge is 2.58. The Kier molecular flexibility index (Phi) is 5.19. The summed E-state index contributed by atoms with van der Waals surface area (Å²) in [5.41, 5.74) is 1.62. The third-order valence-electron chi connectivity index (χ3n) is 6.35. The van der Waals surface area contributed by atoms with E-state index in [1.807, 2.05) is 0 Å². The molecule has 0 aromatic rings. The first-order valence-corrected chi connectivity index (χ1v) is 8.60. The third kappa shape index (κ3) is 3.37. The molecule has 0 aromatic carbocycles. The molecule has 0 bridgehead atoms. The third-order valence-corrected chi connectivity index (χ3v) is 6.35. The highest BCUT2D eigenvalue weighted by atomic mass is 14.6. The standard InChI is InChI=1S/C19H38/c1-9-11-15(3)12-19(14-17(5,6)10-2)16(4)13-18(19,7)8/h15-16H,9-14H2,1-8H3. The van der Waals surface area contributed by atoms with Crippen LogP contribution in [0.1, 0.15) is 93.9 Å². The number of hydrogen-bond donors (Lipinski definition) is 0. The van der Waals surface area contributed by atoms with E-state index in [9.17, 15) is 0 Å². The molecule has 1 rings (SSSR count). The predicted molar refractivity (Wildman–Crippen MR) is 87.4 cm³/mol. The van der Waals surface area contributed by atoms with E-state index < -0.39 is 0 Å². The summed E-state index contributed by atoms with van der Waals surface area (Å²) in [7, 11) is 0. The molecule has 1 saturated carbocycles. The SMILES string of the molecule is CCCC(C)CC1(CC(C)(C)CC)C(C)CC1(C)C. The first-order chi connectivity index (χ1) is 8.60. The van der Waals surface area contributed by atoms with Crippen LogP contribution in [0.3, 0.4) is 0 Å². The van der Waals surface area contributed by atoms with Crippen LogP contribution in [-0.4, -0.2) is 0 Å². The molecule has 0 spiro atoms. The Hall–Kier alpha value is 0. The molecule has 0 N–H and O–H groups in total.